The first kappa shape index (κ1) is 24.5. The van der Waals surface area contributed by atoms with E-state index in [1.807, 2.05) is 11.0 Å². The van der Waals surface area contributed by atoms with Crippen LogP contribution in [0, 0.1) is 6.92 Å². The Bertz CT molecular complexity index is 812. The van der Waals surface area contributed by atoms with E-state index in [1.165, 1.54) is 16.8 Å². The molecule has 2 atom stereocenters. The predicted molar refractivity (Wildman–Crippen MR) is 128 cm³/mol. The maximum absolute atomic E-state index is 12.8. The van der Waals surface area contributed by atoms with Crippen molar-refractivity contribution in [1.29, 1.82) is 0 Å². The first-order valence-corrected chi connectivity index (χ1v) is 10.2. The molecule has 0 saturated carbocycles. The number of carbonyl (C=O) groups is 1. The molecule has 0 spiro atoms. The Morgan fingerprint density at radius 1 is 0.967 bits per heavy atom. The van der Waals surface area contributed by atoms with Gasteiger partial charge in [0.15, 0.2) is 0 Å². The van der Waals surface area contributed by atoms with Crippen molar-refractivity contribution in [2.75, 3.05) is 50.7 Å². The van der Waals surface area contributed by atoms with Gasteiger partial charge >= 0.3 is 0 Å². The maximum Gasteiger partial charge on any atom is 0.236 e. The number of piperazine rings is 1. The fourth-order valence-electron chi connectivity index (χ4n) is 4.43. The van der Waals surface area contributed by atoms with Crippen LogP contribution in [0.25, 0.3) is 0 Å². The van der Waals surface area contributed by atoms with Crippen molar-refractivity contribution < 1.29 is 4.79 Å². The number of benzene rings is 2. The number of carbonyl (C=O) groups excluding carboxylic acids is 1. The molecule has 2 N–H and O–H groups in total. The fourth-order valence-corrected chi connectivity index (χ4v) is 4.43. The molecule has 0 aromatic heterocycles. The molecular weight excluding hydrogens is 419 g/mol. The Hall–Kier alpha value is -1.79. The molecule has 2 saturated heterocycles. The molecule has 2 aliphatic rings. The highest BCUT2D eigenvalue weighted by Crippen LogP contribution is 2.26. The zero-order valence-electron chi connectivity index (χ0n) is 17.4. The van der Waals surface area contributed by atoms with Crippen LogP contribution in [0.4, 0.5) is 5.69 Å². The van der Waals surface area contributed by atoms with Crippen molar-refractivity contribution in [2.45, 2.75) is 18.9 Å². The van der Waals surface area contributed by atoms with E-state index >= 15 is 0 Å². The van der Waals surface area contributed by atoms with Gasteiger partial charge in [0.25, 0.3) is 0 Å². The van der Waals surface area contributed by atoms with Crippen LogP contribution in [0.2, 0.25) is 0 Å². The van der Waals surface area contributed by atoms with Crippen molar-refractivity contribution in [3.05, 3.63) is 65.7 Å². The quantitative estimate of drug-likeness (QED) is 0.777. The monoisotopic (exact) mass is 450 g/mol. The van der Waals surface area contributed by atoms with Gasteiger partial charge in [0.2, 0.25) is 5.91 Å². The molecule has 2 heterocycles. The summed E-state index contributed by atoms with van der Waals surface area (Å²) in [4.78, 5) is 19.4. The summed E-state index contributed by atoms with van der Waals surface area (Å²) in [6.07, 6.45) is 0. The van der Waals surface area contributed by atoms with Crippen LogP contribution >= 0.6 is 24.8 Å². The van der Waals surface area contributed by atoms with Crippen LogP contribution < -0.4 is 10.6 Å². The van der Waals surface area contributed by atoms with Crippen LogP contribution in [0.5, 0.6) is 0 Å². The number of nitrogens with two attached hydrogens (primary N) is 1. The first-order chi connectivity index (χ1) is 13.6. The van der Waals surface area contributed by atoms with Crippen LogP contribution in [0.3, 0.4) is 0 Å². The van der Waals surface area contributed by atoms with Crippen LogP contribution in [0.1, 0.15) is 17.0 Å². The number of rotatable bonds is 4. The van der Waals surface area contributed by atoms with Gasteiger partial charge in [-0.3, -0.25) is 9.69 Å². The Morgan fingerprint density at radius 3 is 2.33 bits per heavy atom. The van der Waals surface area contributed by atoms with Crippen LogP contribution in [0.15, 0.2) is 54.6 Å². The third-order valence-corrected chi connectivity index (χ3v) is 6.03. The summed E-state index contributed by atoms with van der Waals surface area (Å²) in [6.45, 7) is 7.59. The number of nitrogens with zero attached hydrogens (tertiary/aromatic N) is 3. The molecule has 2 aromatic rings. The molecule has 0 aliphatic carbocycles. The Kier molecular flexibility index (Phi) is 8.98. The van der Waals surface area contributed by atoms with Gasteiger partial charge in [0, 0.05) is 56.9 Å². The second-order valence-corrected chi connectivity index (χ2v) is 8.08. The largest absolute Gasteiger partial charge is 0.368 e. The standard InChI is InChI=1S/C23H30N4O.2ClH/c1-18-6-5-9-20(14-18)26-10-12-27(13-11-26)23(28)17-25-15-21(22(24)16-25)19-7-3-2-4-8-19;;/h2-9,14,21-22H,10-13,15-17,24H2,1H3;2*1H/t21-,22+;;/m0../s1. The summed E-state index contributed by atoms with van der Waals surface area (Å²) in [7, 11) is 0. The number of halogens is 2. The highest BCUT2D eigenvalue weighted by atomic mass is 35.5. The van der Waals surface area contributed by atoms with Gasteiger partial charge in [0.05, 0.1) is 6.54 Å². The van der Waals surface area contributed by atoms with Crippen LogP contribution in [-0.2, 0) is 4.79 Å². The van der Waals surface area contributed by atoms with Crippen LogP contribution in [-0.4, -0.2) is 67.6 Å². The Labute approximate surface area is 192 Å². The summed E-state index contributed by atoms with van der Waals surface area (Å²) in [5.41, 5.74) is 10.2. The Morgan fingerprint density at radius 2 is 1.67 bits per heavy atom. The minimum Gasteiger partial charge on any atom is -0.368 e. The third kappa shape index (κ3) is 5.67. The van der Waals surface area contributed by atoms with E-state index < -0.39 is 0 Å². The van der Waals surface area contributed by atoms with Crippen molar-refractivity contribution in [3.63, 3.8) is 0 Å². The normalized spacial score (nSPS) is 21.7. The first-order valence-electron chi connectivity index (χ1n) is 10.2. The molecule has 5 nitrogen and oxygen atoms in total. The van der Waals surface area contributed by atoms with E-state index in [-0.39, 0.29) is 36.8 Å². The zero-order chi connectivity index (χ0) is 19.5. The third-order valence-electron chi connectivity index (χ3n) is 6.03. The Balaban J connectivity index is 0.00000160. The van der Waals surface area contributed by atoms with Gasteiger partial charge in [-0.2, -0.15) is 0 Å². The average molecular weight is 451 g/mol. The molecule has 30 heavy (non-hydrogen) atoms. The second kappa shape index (κ2) is 11.0. The number of hydrogen-bond donors (Lipinski definition) is 1. The minimum atomic E-state index is 0. The molecule has 164 valence electrons. The van der Waals surface area contributed by atoms with Gasteiger partial charge in [-0.05, 0) is 30.2 Å². The average Bonchev–Trinajstić information content (AvgIpc) is 3.09. The summed E-state index contributed by atoms with van der Waals surface area (Å²) in [5.74, 6) is 0.539. The SMILES string of the molecule is Cc1cccc(N2CCN(C(=O)CN3C[C@@H](N)[C@H](c4ccccc4)C3)CC2)c1.Cl.Cl. The van der Waals surface area contributed by atoms with E-state index in [1.54, 1.807) is 0 Å². The maximum atomic E-state index is 12.8. The molecule has 0 radical (unpaired) electrons. The summed E-state index contributed by atoms with van der Waals surface area (Å²) in [5, 5.41) is 0. The lowest BCUT2D eigenvalue weighted by atomic mass is 9.95. The summed E-state index contributed by atoms with van der Waals surface area (Å²) >= 11 is 0. The molecule has 2 fully saturated rings. The predicted octanol–water partition coefficient (Wildman–Crippen LogP) is 2.91. The lowest BCUT2D eigenvalue weighted by molar-refractivity contribution is -0.132. The van der Waals surface area contributed by atoms with Gasteiger partial charge in [-0.15, -0.1) is 24.8 Å². The highest BCUT2D eigenvalue weighted by Gasteiger charge is 2.33. The summed E-state index contributed by atoms with van der Waals surface area (Å²) < 4.78 is 0. The topological polar surface area (TPSA) is 52.8 Å². The van der Waals surface area contributed by atoms with E-state index in [0.717, 1.165) is 39.3 Å². The molecule has 2 aliphatic heterocycles. The number of amides is 1. The van der Waals surface area contributed by atoms with E-state index in [0.29, 0.717) is 12.5 Å². The van der Waals surface area contributed by atoms with Crippen molar-refractivity contribution in [1.82, 2.24) is 9.80 Å². The summed E-state index contributed by atoms with van der Waals surface area (Å²) in [6, 6.07) is 19.1. The number of aryl methyl sites for hydroxylation is 1. The second-order valence-electron chi connectivity index (χ2n) is 8.08. The van der Waals surface area contributed by atoms with Gasteiger partial charge < -0.3 is 15.5 Å². The number of likely N-dealkylation sites (tertiary alicyclic amines) is 1. The van der Waals surface area contributed by atoms with Gasteiger partial charge in [-0.1, -0.05) is 42.5 Å². The van der Waals surface area contributed by atoms with Crippen molar-refractivity contribution >= 4 is 36.4 Å². The molecule has 7 heteroatoms. The minimum absolute atomic E-state index is 0. The molecule has 4 rings (SSSR count). The lowest BCUT2D eigenvalue weighted by Gasteiger charge is -2.37. The molecule has 0 unspecified atom stereocenters. The van der Waals surface area contributed by atoms with E-state index in [2.05, 4.69) is 65.3 Å². The smallest absolute Gasteiger partial charge is 0.236 e. The van der Waals surface area contributed by atoms with E-state index in [4.69, 9.17) is 5.73 Å². The van der Waals surface area contributed by atoms with Crippen molar-refractivity contribution in [3.8, 4) is 0 Å². The van der Waals surface area contributed by atoms with Gasteiger partial charge in [-0.25, -0.2) is 0 Å². The highest BCUT2D eigenvalue weighted by molar-refractivity contribution is 5.85. The number of hydrogen-bond acceptors (Lipinski definition) is 4. The van der Waals surface area contributed by atoms with Gasteiger partial charge in [0.1, 0.15) is 0 Å². The van der Waals surface area contributed by atoms with Crippen molar-refractivity contribution in [2.24, 2.45) is 5.73 Å². The number of anilines is 1. The fraction of sp³-hybridized carbons (Fsp3) is 0.435. The molecule has 2 aromatic carbocycles. The molecule has 1 amide bonds. The van der Waals surface area contributed by atoms with E-state index in [9.17, 15) is 4.79 Å². The zero-order valence-corrected chi connectivity index (χ0v) is 19.1. The molecule has 0 bridgehead atoms. The lowest BCUT2D eigenvalue weighted by Crippen LogP contribution is -2.51. The molecular formula is C23H32Cl2N4O.